The highest BCUT2D eigenvalue weighted by atomic mass is 16.5. The van der Waals surface area contributed by atoms with Crippen LogP contribution in [0.4, 0.5) is 0 Å². The van der Waals surface area contributed by atoms with Gasteiger partial charge in [0, 0.05) is 19.1 Å². The first-order valence-corrected chi connectivity index (χ1v) is 9.68. The lowest BCUT2D eigenvalue weighted by Crippen LogP contribution is -2.58. The van der Waals surface area contributed by atoms with E-state index in [2.05, 4.69) is 77.7 Å². The minimum Gasteiger partial charge on any atom is -0.394 e. The van der Waals surface area contributed by atoms with Crippen molar-refractivity contribution in [3.8, 4) is 0 Å². The molecule has 1 aliphatic heterocycles. The molecule has 140 valence electrons. The summed E-state index contributed by atoms with van der Waals surface area (Å²) in [7, 11) is 6.25. The lowest BCUT2D eigenvalue weighted by Gasteiger charge is -2.50. The van der Waals surface area contributed by atoms with E-state index in [1.54, 1.807) is 0 Å². The molecule has 1 heterocycles. The van der Waals surface area contributed by atoms with Crippen LogP contribution in [-0.4, -0.2) is 49.7 Å². The van der Waals surface area contributed by atoms with Gasteiger partial charge in [0.2, 0.25) is 0 Å². The number of aliphatic hydroxyl groups excluding tert-OH is 1. The van der Waals surface area contributed by atoms with Gasteiger partial charge in [-0.1, -0.05) is 91.0 Å². The Morgan fingerprint density at radius 3 is 1.61 bits per heavy atom. The topological polar surface area (TPSA) is 32.7 Å². The zero-order valence-electron chi connectivity index (χ0n) is 15.8. The van der Waals surface area contributed by atoms with Gasteiger partial charge in [0.25, 0.3) is 0 Å². The average Bonchev–Trinajstić information content (AvgIpc) is 2.76. The Morgan fingerprint density at radius 2 is 1.21 bits per heavy atom. The number of benzene rings is 3. The molecule has 1 saturated heterocycles. The largest absolute Gasteiger partial charge is 0.394 e. The van der Waals surface area contributed by atoms with Crippen molar-refractivity contribution >= 4 is 7.85 Å². The van der Waals surface area contributed by atoms with E-state index >= 15 is 0 Å². The normalized spacial score (nSPS) is 20.8. The summed E-state index contributed by atoms with van der Waals surface area (Å²) in [6, 6.07) is 31.0. The van der Waals surface area contributed by atoms with Crippen LogP contribution in [0.3, 0.4) is 0 Å². The third-order valence-electron chi connectivity index (χ3n) is 5.44. The third-order valence-corrected chi connectivity index (χ3v) is 5.44. The molecule has 3 nitrogen and oxygen atoms in total. The molecule has 0 aromatic heterocycles. The van der Waals surface area contributed by atoms with Crippen LogP contribution in [0.25, 0.3) is 0 Å². The fourth-order valence-corrected chi connectivity index (χ4v) is 4.33. The predicted octanol–water partition coefficient (Wildman–Crippen LogP) is 3.17. The molecule has 2 unspecified atom stereocenters. The van der Waals surface area contributed by atoms with Crippen molar-refractivity contribution < 1.29 is 9.84 Å². The Balaban J connectivity index is 1.99. The highest BCUT2D eigenvalue weighted by Crippen LogP contribution is 2.43. The Morgan fingerprint density at radius 1 is 0.786 bits per heavy atom. The molecular weight excluding hydrogens is 345 g/mol. The van der Waals surface area contributed by atoms with Crippen LogP contribution in [-0.2, 0) is 10.3 Å². The van der Waals surface area contributed by atoms with Gasteiger partial charge in [-0.15, -0.1) is 0 Å². The predicted molar refractivity (Wildman–Crippen MR) is 112 cm³/mol. The fraction of sp³-hybridized carbons (Fsp3) is 0.250. The van der Waals surface area contributed by atoms with E-state index in [-0.39, 0.29) is 12.7 Å². The molecular formula is C24H24BNO2. The van der Waals surface area contributed by atoms with Gasteiger partial charge < -0.3 is 9.84 Å². The molecule has 0 bridgehead atoms. The van der Waals surface area contributed by atoms with Gasteiger partial charge >= 0.3 is 0 Å². The van der Waals surface area contributed by atoms with Gasteiger partial charge in [-0.25, -0.2) is 0 Å². The second-order valence-electron chi connectivity index (χ2n) is 7.19. The minimum atomic E-state index is -0.529. The van der Waals surface area contributed by atoms with Crippen LogP contribution >= 0.6 is 0 Å². The van der Waals surface area contributed by atoms with Gasteiger partial charge in [-0.2, -0.15) is 0 Å². The average molecular weight is 369 g/mol. The molecule has 4 rings (SSSR count). The van der Waals surface area contributed by atoms with E-state index in [1.807, 2.05) is 18.2 Å². The molecule has 1 N–H and O–H groups in total. The van der Waals surface area contributed by atoms with Crippen LogP contribution in [0.5, 0.6) is 0 Å². The van der Waals surface area contributed by atoms with E-state index in [0.717, 1.165) is 16.7 Å². The van der Waals surface area contributed by atoms with Gasteiger partial charge in [-0.05, 0) is 16.7 Å². The van der Waals surface area contributed by atoms with Crippen LogP contribution in [0.1, 0.15) is 16.7 Å². The maximum absolute atomic E-state index is 9.80. The molecule has 0 saturated carbocycles. The Kier molecular flexibility index (Phi) is 5.63. The zero-order valence-corrected chi connectivity index (χ0v) is 15.8. The van der Waals surface area contributed by atoms with Crippen molar-refractivity contribution in [3.63, 3.8) is 0 Å². The number of aliphatic hydroxyl groups is 1. The van der Waals surface area contributed by atoms with Crippen molar-refractivity contribution in [2.75, 3.05) is 19.7 Å². The summed E-state index contributed by atoms with van der Waals surface area (Å²) in [5, 5.41) is 9.80. The third kappa shape index (κ3) is 3.40. The highest BCUT2D eigenvalue weighted by molar-refractivity contribution is 6.11. The van der Waals surface area contributed by atoms with Gasteiger partial charge in [0.15, 0.2) is 0 Å². The molecule has 4 heteroatoms. The summed E-state index contributed by atoms with van der Waals surface area (Å²) >= 11 is 0. The number of hydrogen-bond acceptors (Lipinski definition) is 3. The number of hydrogen-bond donors (Lipinski definition) is 1. The first-order chi connectivity index (χ1) is 13.7. The molecule has 2 radical (unpaired) electrons. The minimum absolute atomic E-state index is 0.0569. The Bertz CT molecular complexity index is 776. The molecule has 1 aliphatic rings. The van der Waals surface area contributed by atoms with E-state index in [9.17, 15) is 5.11 Å². The van der Waals surface area contributed by atoms with Crippen LogP contribution < -0.4 is 0 Å². The Labute approximate surface area is 168 Å². The van der Waals surface area contributed by atoms with Crippen LogP contribution in [0.15, 0.2) is 91.0 Å². The summed E-state index contributed by atoms with van der Waals surface area (Å²) in [6.07, 6.45) is -0.320. The zero-order chi connectivity index (χ0) is 19.4. The molecule has 0 spiro atoms. The molecule has 28 heavy (non-hydrogen) atoms. The van der Waals surface area contributed by atoms with Gasteiger partial charge in [0.1, 0.15) is 7.85 Å². The number of nitrogens with zero attached hydrogens (tertiary/aromatic N) is 1. The smallest absolute Gasteiger partial charge is 0.110 e. The summed E-state index contributed by atoms with van der Waals surface area (Å²) in [4.78, 5) is 2.35. The van der Waals surface area contributed by atoms with Crippen molar-refractivity contribution in [2.24, 2.45) is 0 Å². The van der Waals surface area contributed by atoms with E-state index < -0.39 is 11.5 Å². The van der Waals surface area contributed by atoms with Crippen molar-refractivity contribution in [1.29, 1.82) is 0 Å². The van der Waals surface area contributed by atoms with Crippen molar-refractivity contribution in [3.05, 3.63) is 108 Å². The van der Waals surface area contributed by atoms with Crippen LogP contribution in [0.2, 0.25) is 0 Å². The first kappa shape index (κ1) is 18.9. The lowest BCUT2D eigenvalue weighted by molar-refractivity contribution is -0.0905. The van der Waals surface area contributed by atoms with Gasteiger partial charge in [-0.3, -0.25) is 4.90 Å². The number of rotatable bonds is 5. The highest BCUT2D eigenvalue weighted by Gasteiger charge is 2.44. The summed E-state index contributed by atoms with van der Waals surface area (Å²) in [6.45, 7) is 1.09. The van der Waals surface area contributed by atoms with E-state index in [1.165, 1.54) is 0 Å². The SMILES string of the molecule is [B]C1CN(C(c2ccccc2)(c2ccccc2)c2ccccc2)CC(CO)O1. The molecule has 3 aromatic carbocycles. The standard InChI is InChI=1S/C24H24BNO2/c25-23-17-26(16-22(18-27)28-23)24(19-10-4-1-5-11-19,20-12-6-2-7-13-20)21-14-8-3-9-15-21/h1-15,22-23,27H,16-18H2. The maximum Gasteiger partial charge on any atom is 0.110 e. The first-order valence-electron chi connectivity index (χ1n) is 9.68. The molecule has 3 aromatic rings. The summed E-state index contributed by atoms with van der Waals surface area (Å²) in [5.74, 6) is 0. The fourth-order valence-electron chi connectivity index (χ4n) is 4.33. The quantitative estimate of drug-likeness (QED) is 0.554. The number of morpholine rings is 1. The summed E-state index contributed by atoms with van der Waals surface area (Å²) < 4.78 is 5.75. The second kappa shape index (κ2) is 8.32. The molecule has 1 fully saturated rings. The summed E-state index contributed by atoms with van der Waals surface area (Å²) in [5.41, 5.74) is 2.97. The van der Waals surface area contributed by atoms with Crippen molar-refractivity contribution in [1.82, 2.24) is 4.90 Å². The van der Waals surface area contributed by atoms with E-state index in [4.69, 9.17) is 12.6 Å². The number of ether oxygens (including phenoxy) is 1. The maximum atomic E-state index is 9.80. The lowest BCUT2D eigenvalue weighted by atomic mass is 9.74. The van der Waals surface area contributed by atoms with Crippen LogP contribution in [0, 0.1) is 0 Å². The molecule has 2 atom stereocenters. The van der Waals surface area contributed by atoms with Gasteiger partial charge in [0.05, 0.1) is 18.2 Å². The Hall–Kier alpha value is -2.40. The monoisotopic (exact) mass is 369 g/mol. The van der Waals surface area contributed by atoms with Crippen molar-refractivity contribution in [2.45, 2.75) is 17.6 Å². The molecule has 0 amide bonds. The molecule has 0 aliphatic carbocycles. The second-order valence-corrected chi connectivity index (χ2v) is 7.19. The van der Waals surface area contributed by atoms with E-state index in [0.29, 0.717) is 13.1 Å².